The zero-order valence-corrected chi connectivity index (χ0v) is 9.78. The van der Waals surface area contributed by atoms with Gasteiger partial charge in [0.2, 0.25) is 0 Å². The first-order valence-electron chi connectivity index (χ1n) is 5.42. The van der Waals surface area contributed by atoms with Crippen LogP contribution < -0.4 is 0 Å². The lowest BCUT2D eigenvalue weighted by atomic mass is 10.2. The third-order valence-electron chi connectivity index (χ3n) is 2.55. The third kappa shape index (κ3) is 3.32. The zero-order chi connectivity index (χ0) is 13.2. The fourth-order valence-electron chi connectivity index (χ4n) is 1.65. The highest BCUT2D eigenvalue weighted by Crippen LogP contribution is 2.20. The van der Waals surface area contributed by atoms with Crippen LogP contribution in [-0.4, -0.2) is 20.9 Å². The molecule has 0 fully saturated rings. The van der Waals surface area contributed by atoms with E-state index in [2.05, 4.69) is 10.1 Å². The molecule has 0 spiro atoms. The van der Waals surface area contributed by atoms with E-state index in [0.717, 1.165) is 11.1 Å². The summed E-state index contributed by atoms with van der Waals surface area (Å²) in [7, 11) is 0. The second-order valence-electron chi connectivity index (χ2n) is 4.10. The molecule has 96 valence electrons. The van der Waals surface area contributed by atoms with Crippen LogP contribution in [0.4, 0.5) is 13.2 Å². The molecular weight excluding hydrogens is 243 g/mol. The highest BCUT2D eigenvalue weighted by atomic mass is 19.4. The zero-order valence-electron chi connectivity index (χ0n) is 9.78. The molecule has 2 aromatic heterocycles. The van der Waals surface area contributed by atoms with E-state index in [9.17, 15) is 13.2 Å². The summed E-state index contributed by atoms with van der Waals surface area (Å²) in [4.78, 5) is 3.96. The molecule has 0 unspecified atom stereocenters. The molecule has 0 aliphatic carbocycles. The predicted molar refractivity (Wildman–Crippen MR) is 60.1 cm³/mol. The fourth-order valence-corrected chi connectivity index (χ4v) is 1.65. The Hall–Kier alpha value is -1.85. The molecule has 0 saturated carbocycles. The number of hydrogen-bond donors (Lipinski definition) is 0. The number of aryl methyl sites for hydroxylation is 1. The molecule has 3 nitrogen and oxygen atoms in total. The van der Waals surface area contributed by atoms with Gasteiger partial charge < -0.3 is 0 Å². The molecule has 6 heteroatoms. The van der Waals surface area contributed by atoms with Crippen molar-refractivity contribution in [2.24, 2.45) is 0 Å². The number of aromatic nitrogens is 3. The highest BCUT2D eigenvalue weighted by Gasteiger charge is 2.28. The van der Waals surface area contributed by atoms with Crippen molar-refractivity contribution in [2.75, 3.05) is 0 Å². The maximum absolute atomic E-state index is 12.2. The molecule has 0 amide bonds. The summed E-state index contributed by atoms with van der Waals surface area (Å²) in [5.74, 6) is 0. The van der Waals surface area contributed by atoms with E-state index < -0.39 is 12.6 Å². The Kier molecular flexibility index (Phi) is 3.36. The van der Waals surface area contributed by atoms with Gasteiger partial charge in [-0.05, 0) is 30.2 Å². The molecule has 0 radical (unpaired) electrons. The molecule has 0 aliphatic heterocycles. The molecule has 0 aliphatic rings. The first kappa shape index (κ1) is 12.6. The van der Waals surface area contributed by atoms with Crippen molar-refractivity contribution in [2.45, 2.75) is 26.1 Å². The number of rotatable bonds is 3. The van der Waals surface area contributed by atoms with Crippen molar-refractivity contribution < 1.29 is 13.2 Å². The molecule has 0 atom stereocenters. The van der Waals surface area contributed by atoms with E-state index >= 15 is 0 Å². The summed E-state index contributed by atoms with van der Waals surface area (Å²) in [6, 6.07) is 3.23. The van der Waals surface area contributed by atoms with Crippen molar-refractivity contribution >= 4 is 0 Å². The molecule has 2 aromatic rings. The van der Waals surface area contributed by atoms with Gasteiger partial charge in [-0.15, -0.1) is 0 Å². The summed E-state index contributed by atoms with van der Waals surface area (Å²) in [6.07, 6.45) is -0.278. The van der Waals surface area contributed by atoms with Gasteiger partial charge in [0.05, 0.1) is 18.7 Å². The standard InChI is InChI=1S/C12H12F3N3/c1-9-7-16-4-2-10(9)8-18-5-3-11(17-18)6-12(13,14)15/h2-5,7H,6,8H2,1H3. The van der Waals surface area contributed by atoms with Gasteiger partial charge in [-0.3, -0.25) is 9.67 Å². The Bertz CT molecular complexity index is 531. The number of hydrogen-bond acceptors (Lipinski definition) is 2. The van der Waals surface area contributed by atoms with Crippen molar-refractivity contribution in [3.05, 3.63) is 47.5 Å². The van der Waals surface area contributed by atoms with Crippen LogP contribution in [0.2, 0.25) is 0 Å². The average molecular weight is 255 g/mol. The smallest absolute Gasteiger partial charge is 0.268 e. The van der Waals surface area contributed by atoms with Gasteiger partial charge in [-0.1, -0.05) is 0 Å². The average Bonchev–Trinajstić information content (AvgIpc) is 2.66. The minimum absolute atomic E-state index is 0.0363. The lowest BCUT2D eigenvalue weighted by Crippen LogP contribution is -2.12. The first-order chi connectivity index (χ1) is 8.44. The Morgan fingerprint density at radius 3 is 2.72 bits per heavy atom. The lowest BCUT2D eigenvalue weighted by molar-refractivity contribution is -0.127. The van der Waals surface area contributed by atoms with Crippen molar-refractivity contribution in [1.82, 2.24) is 14.8 Å². The molecule has 18 heavy (non-hydrogen) atoms. The Balaban J connectivity index is 2.10. The predicted octanol–water partition coefficient (Wildman–Crippen LogP) is 2.74. The van der Waals surface area contributed by atoms with E-state index in [1.54, 1.807) is 18.6 Å². The van der Waals surface area contributed by atoms with Crippen LogP contribution in [0.15, 0.2) is 30.7 Å². The Morgan fingerprint density at radius 1 is 1.28 bits per heavy atom. The topological polar surface area (TPSA) is 30.7 Å². The van der Waals surface area contributed by atoms with Gasteiger partial charge in [0.15, 0.2) is 0 Å². The Morgan fingerprint density at radius 2 is 2.06 bits per heavy atom. The highest BCUT2D eigenvalue weighted by molar-refractivity contribution is 5.21. The van der Waals surface area contributed by atoms with Crippen LogP contribution in [0.1, 0.15) is 16.8 Å². The molecule has 2 heterocycles. The van der Waals surface area contributed by atoms with Crippen LogP contribution in [0.25, 0.3) is 0 Å². The maximum atomic E-state index is 12.2. The molecule has 0 N–H and O–H groups in total. The third-order valence-corrected chi connectivity index (χ3v) is 2.55. The van der Waals surface area contributed by atoms with Gasteiger partial charge in [-0.25, -0.2) is 0 Å². The van der Waals surface area contributed by atoms with E-state index in [1.165, 1.54) is 10.7 Å². The Labute approximate surface area is 102 Å². The summed E-state index contributed by atoms with van der Waals surface area (Å²) >= 11 is 0. The number of alkyl halides is 3. The summed E-state index contributed by atoms with van der Waals surface area (Å²) in [5, 5.41) is 3.91. The van der Waals surface area contributed by atoms with Gasteiger partial charge in [0.25, 0.3) is 0 Å². The normalized spacial score (nSPS) is 11.8. The SMILES string of the molecule is Cc1cnccc1Cn1ccc(CC(F)(F)F)n1. The first-order valence-corrected chi connectivity index (χ1v) is 5.42. The minimum atomic E-state index is -4.22. The van der Waals surface area contributed by atoms with E-state index in [1.807, 2.05) is 13.0 Å². The molecular formula is C12H12F3N3. The lowest BCUT2D eigenvalue weighted by Gasteiger charge is -2.05. The van der Waals surface area contributed by atoms with E-state index in [-0.39, 0.29) is 5.69 Å². The van der Waals surface area contributed by atoms with Crippen LogP contribution in [-0.2, 0) is 13.0 Å². The van der Waals surface area contributed by atoms with Crippen LogP contribution >= 0.6 is 0 Å². The largest absolute Gasteiger partial charge is 0.394 e. The van der Waals surface area contributed by atoms with E-state index in [0.29, 0.717) is 6.54 Å². The van der Waals surface area contributed by atoms with Gasteiger partial charge in [0.1, 0.15) is 0 Å². The van der Waals surface area contributed by atoms with Gasteiger partial charge in [-0.2, -0.15) is 18.3 Å². The van der Waals surface area contributed by atoms with Crippen LogP contribution in [0.3, 0.4) is 0 Å². The second-order valence-corrected chi connectivity index (χ2v) is 4.10. The monoisotopic (exact) mass is 255 g/mol. The van der Waals surface area contributed by atoms with Crippen LogP contribution in [0.5, 0.6) is 0 Å². The van der Waals surface area contributed by atoms with Gasteiger partial charge in [0, 0.05) is 18.6 Å². The van der Waals surface area contributed by atoms with Crippen molar-refractivity contribution in [3.8, 4) is 0 Å². The molecule has 0 bridgehead atoms. The summed E-state index contributed by atoms with van der Waals surface area (Å²) in [6.45, 7) is 2.36. The summed E-state index contributed by atoms with van der Waals surface area (Å²) in [5.41, 5.74) is 2.02. The van der Waals surface area contributed by atoms with Crippen molar-refractivity contribution in [1.29, 1.82) is 0 Å². The van der Waals surface area contributed by atoms with Crippen molar-refractivity contribution in [3.63, 3.8) is 0 Å². The van der Waals surface area contributed by atoms with Crippen LogP contribution in [0, 0.1) is 6.92 Å². The molecule has 2 rings (SSSR count). The molecule has 0 aromatic carbocycles. The fraction of sp³-hybridized carbons (Fsp3) is 0.333. The van der Waals surface area contributed by atoms with E-state index in [4.69, 9.17) is 0 Å². The number of halogens is 3. The second kappa shape index (κ2) is 4.80. The molecule has 0 saturated heterocycles. The quantitative estimate of drug-likeness (QED) is 0.844. The summed E-state index contributed by atoms with van der Waals surface area (Å²) < 4.78 is 38.1. The minimum Gasteiger partial charge on any atom is -0.268 e. The maximum Gasteiger partial charge on any atom is 0.394 e. The van der Waals surface area contributed by atoms with Gasteiger partial charge >= 0.3 is 6.18 Å². The number of nitrogens with zero attached hydrogens (tertiary/aromatic N) is 3. The number of pyridine rings is 1.